The molecule has 1 fully saturated rings. The van der Waals surface area contributed by atoms with E-state index in [0.717, 1.165) is 48.1 Å². The van der Waals surface area contributed by atoms with Gasteiger partial charge < -0.3 is 4.90 Å². The topological polar surface area (TPSA) is 32.3 Å². The number of piperazine rings is 1. The van der Waals surface area contributed by atoms with Crippen LogP contribution in [0, 0.1) is 0 Å². The van der Waals surface area contributed by atoms with E-state index in [2.05, 4.69) is 69.4 Å². The minimum atomic E-state index is 0.167. The molecule has 3 aromatic carbocycles. The highest BCUT2D eigenvalue weighted by atomic mass is 35.5. The molecule has 0 amide bonds. The summed E-state index contributed by atoms with van der Waals surface area (Å²) in [5.74, 6) is 0.906. The molecule has 0 radical (unpaired) electrons. The van der Waals surface area contributed by atoms with Crippen molar-refractivity contribution in [1.29, 1.82) is 0 Å². The van der Waals surface area contributed by atoms with Crippen molar-refractivity contribution in [2.45, 2.75) is 11.2 Å². The van der Waals surface area contributed by atoms with Crippen LogP contribution >= 0.6 is 35.0 Å². The molecule has 0 saturated carbocycles. The van der Waals surface area contributed by atoms with Crippen molar-refractivity contribution in [1.82, 2.24) is 14.9 Å². The summed E-state index contributed by atoms with van der Waals surface area (Å²) >= 11 is 14.4. The third-order valence-corrected chi connectivity index (χ3v) is 7.42. The number of aromatic nitrogens is 2. The fourth-order valence-electron chi connectivity index (χ4n) is 4.66. The molecule has 0 aliphatic carbocycles. The molecule has 178 valence electrons. The Morgan fingerprint density at radius 2 is 1.34 bits per heavy atom. The highest BCUT2D eigenvalue weighted by molar-refractivity contribution is 7.98. The quantitative estimate of drug-likeness (QED) is 0.154. The Kier molecular flexibility index (Phi) is 7.59. The molecule has 2 heterocycles. The van der Waals surface area contributed by atoms with Gasteiger partial charge in [0.1, 0.15) is 11.0 Å². The van der Waals surface area contributed by atoms with E-state index in [4.69, 9.17) is 28.2 Å². The molecule has 4 aromatic rings. The standard InChI is InChI=1S/C28H26Cl2N4S/c1-35-28-31-26(30)24(20-8-4-2-5-9-20)27(32-28)34-18-16-33(17-19-34)25(21-10-6-3-7-11-21)22-12-14-23(29)15-13-22/h2-15,25H,16-19H2,1H3. The Morgan fingerprint density at radius 1 is 0.743 bits per heavy atom. The molecular formula is C28H26Cl2N4S. The van der Waals surface area contributed by atoms with Crippen LogP contribution in [0.1, 0.15) is 17.2 Å². The summed E-state index contributed by atoms with van der Waals surface area (Å²) in [5, 5.41) is 1.94. The number of hydrogen-bond donors (Lipinski definition) is 0. The minimum Gasteiger partial charge on any atom is -0.353 e. The van der Waals surface area contributed by atoms with E-state index in [9.17, 15) is 0 Å². The molecule has 1 unspecified atom stereocenters. The lowest BCUT2D eigenvalue weighted by molar-refractivity contribution is 0.212. The van der Waals surface area contributed by atoms with Crippen LogP contribution in [0.3, 0.4) is 0 Å². The average Bonchev–Trinajstić information content (AvgIpc) is 2.91. The van der Waals surface area contributed by atoms with Crippen molar-refractivity contribution in [3.63, 3.8) is 0 Å². The number of thioether (sulfide) groups is 1. The molecule has 1 aliphatic heterocycles. The lowest BCUT2D eigenvalue weighted by atomic mass is 9.96. The van der Waals surface area contributed by atoms with Crippen molar-refractivity contribution >= 4 is 40.8 Å². The zero-order chi connectivity index (χ0) is 24.2. The number of hydrogen-bond acceptors (Lipinski definition) is 5. The lowest BCUT2D eigenvalue weighted by Crippen LogP contribution is -2.48. The predicted molar refractivity (Wildman–Crippen MR) is 148 cm³/mol. The molecule has 1 saturated heterocycles. The largest absolute Gasteiger partial charge is 0.353 e. The van der Waals surface area contributed by atoms with E-state index in [-0.39, 0.29) is 6.04 Å². The smallest absolute Gasteiger partial charge is 0.190 e. The first-order valence-electron chi connectivity index (χ1n) is 11.6. The van der Waals surface area contributed by atoms with Gasteiger partial charge in [0, 0.05) is 31.2 Å². The van der Waals surface area contributed by atoms with E-state index in [1.807, 2.05) is 36.6 Å². The molecule has 1 aromatic heterocycles. The molecular weight excluding hydrogens is 495 g/mol. The first kappa shape index (κ1) is 24.1. The highest BCUT2D eigenvalue weighted by Gasteiger charge is 2.29. The van der Waals surface area contributed by atoms with Gasteiger partial charge in [0.2, 0.25) is 0 Å². The van der Waals surface area contributed by atoms with Gasteiger partial charge in [0.15, 0.2) is 5.16 Å². The molecule has 1 atom stereocenters. The van der Waals surface area contributed by atoms with Crippen LogP contribution in [0.15, 0.2) is 90.1 Å². The van der Waals surface area contributed by atoms with E-state index < -0.39 is 0 Å². The van der Waals surface area contributed by atoms with E-state index >= 15 is 0 Å². The van der Waals surface area contributed by atoms with Gasteiger partial charge in [-0.15, -0.1) is 0 Å². The fraction of sp³-hybridized carbons (Fsp3) is 0.214. The predicted octanol–water partition coefficient (Wildman–Crippen LogP) is 7.08. The summed E-state index contributed by atoms with van der Waals surface area (Å²) in [6, 6.07) is 29.2. The van der Waals surface area contributed by atoms with Gasteiger partial charge in [-0.2, -0.15) is 0 Å². The second-order valence-electron chi connectivity index (χ2n) is 8.45. The second kappa shape index (κ2) is 11.0. The minimum absolute atomic E-state index is 0.167. The number of halogens is 2. The van der Waals surface area contributed by atoms with Gasteiger partial charge in [-0.3, -0.25) is 4.90 Å². The van der Waals surface area contributed by atoms with Gasteiger partial charge >= 0.3 is 0 Å². The van der Waals surface area contributed by atoms with Gasteiger partial charge in [-0.1, -0.05) is 108 Å². The number of anilines is 1. The first-order chi connectivity index (χ1) is 17.1. The maximum Gasteiger partial charge on any atom is 0.190 e. The van der Waals surface area contributed by atoms with Crippen molar-refractivity contribution < 1.29 is 0 Å². The van der Waals surface area contributed by atoms with Gasteiger partial charge in [0.25, 0.3) is 0 Å². The summed E-state index contributed by atoms with van der Waals surface area (Å²) in [6.07, 6.45) is 1.98. The Morgan fingerprint density at radius 3 is 1.97 bits per heavy atom. The molecule has 35 heavy (non-hydrogen) atoms. The first-order valence-corrected chi connectivity index (χ1v) is 13.6. The summed E-state index contributed by atoms with van der Waals surface area (Å²) in [6.45, 7) is 3.48. The lowest BCUT2D eigenvalue weighted by Gasteiger charge is -2.40. The number of benzene rings is 3. The number of nitrogens with zero attached hydrogens (tertiary/aromatic N) is 4. The van der Waals surface area contributed by atoms with Gasteiger partial charge in [-0.05, 0) is 35.1 Å². The van der Waals surface area contributed by atoms with E-state index in [1.54, 1.807) is 0 Å². The van der Waals surface area contributed by atoms with Crippen LogP contribution in [-0.2, 0) is 0 Å². The third-order valence-electron chi connectivity index (χ3n) is 6.35. The molecule has 0 spiro atoms. The average molecular weight is 522 g/mol. The Hall–Kier alpha value is -2.57. The Labute approximate surface area is 220 Å². The molecule has 5 rings (SSSR count). The van der Waals surface area contributed by atoms with E-state index in [1.165, 1.54) is 22.9 Å². The van der Waals surface area contributed by atoms with E-state index in [0.29, 0.717) is 10.3 Å². The zero-order valence-electron chi connectivity index (χ0n) is 19.4. The summed E-state index contributed by atoms with van der Waals surface area (Å²) in [7, 11) is 0. The summed E-state index contributed by atoms with van der Waals surface area (Å²) < 4.78 is 0. The van der Waals surface area contributed by atoms with Crippen LogP contribution in [0.4, 0.5) is 5.82 Å². The van der Waals surface area contributed by atoms with Crippen molar-refractivity contribution in [2.75, 3.05) is 37.3 Å². The molecule has 0 N–H and O–H groups in total. The van der Waals surface area contributed by atoms with Crippen molar-refractivity contribution in [3.05, 3.63) is 106 Å². The SMILES string of the molecule is CSc1nc(Cl)c(-c2ccccc2)c(N2CCN(C(c3ccccc3)c3ccc(Cl)cc3)CC2)n1. The molecule has 0 bridgehead atoms. The Balaban J connectivity index is 1.45. The third kappa shape index (κ3) is 5.34. The van der Waals surface area contributed by atoms with Crippen LogP contribution in [0.2, 0.25) is 10.2 Å². The van der Waals surface area contributed by atoms with Gasteiger partial charge in [-0.25, -0.2) is 9.97 Å². The molecule has 7 heteroatoms. The molecule has 1 aliphatic rings. The molecule has 4 nitrogen and oxygen atoms in total. The maximum absolute atomic E-state index is 6.71. The van der Waals surface area contributed by atoms with Crippen LogP contribution in [-0.4, -0.2) is 47.3 Å². The zero-order valence-corrected chi connectivity index (χ0v) is 21.8. The van der Waals surface area contributed by atoms with Crippen LogP contribution in [0.5, 0.6) is 0 Å². The Bertz CT molecular complexity index is 1260. The summed E-state index contributed by atoms with van der Waals surface area (Å²) in [4.78, 5) is 14.3. The summed E-state index contributed by atoms with van der Waals surface area (Å²) in [5.41, 5.74) is 4.46. The maximum atomic E-state index is 6.71. The van der Waals surface area contributed by atoms with Crippen molar-refractivity contribution in [2.24, 2.45) is 0 Å². The van der Waals surface area contributed by atoms with Gasteiger partial charge in [0.05, 0.1) is 11.6 Å². The second-order valence-corrected chi connectivity index (χ2v) is 10.0. The normalized spacial score (nSPS) is 15.2. The number of rotatable bonds is 6. The fourth-order valence-corrected chi connectivity index (χ4v) is 5.47. The van der Waals surface area contributed by atoms with Crippen molar-refractivity contribution in [3.8, 4) is 11.1 Å². The van der Waals surface area contributed by atoms with Crippen LogP contribution < -0.4 is 4.90 Å². The monoisotopic (exact) mass is 520 g/mol. The van der Waals surface area contributed by atoms with Crippen LogP contribution in [0.25, 0.3) is 11.1 Å². The highest BCUT2D eigenvalue weighted by Crippen LogP contribution is 2.37.